The lowest BCUT2D eigenvalue weighted by Gasteiger charge is -1.90. The zero-order valence-corrected chi connectivity index (χ0v) is 6.60. The van der Waals surface area contributed by atoms with Crippen LogP contribution < -0.4 is 0 Å². The highest BCUT2D eigenvalue weighted by Gasteiger charge is 2.01. The molecule has 72 valence electrons. The van der Waals surface area contributed by atoms with Crippen LogP contribution in [0.25, 0.3) is 0 Å². The first-order valence-electron chi connectivity index (χ1n) is 3.12. The smallest absolute Gasteiger partial charge is 0.314 e. The van der Waals surface area contributed by atoms with Crippen molar-refractivity contribution in [1.29, 1.82) is 0 Å². The maximum atomic E-state index is 9.43. The molecular formula is C6H12O6. The summed E-state index contributed by atoms with van der Waals surface area (Å²) in [6.45, 7) is 1.39. The molecule has 0 aromatic carbocycles. The maximum absolute atomic E-state index is 9.43. The molecule has 1 atom stereocenters. The topological polar surface area (TPSA) is 115 Å². The normalized spacial score (nSPS) is 10.9. The molecule has 0 aromatic rings. The van der Waals surface area contributed by atoms with Crippen LogP contribution >= 0.6 is 0 Å². The third-order valence-electron chi connectivity index (χ3n) is 0.567. The van der Waals surface area contributed by atoms with Crippen molar-refractivity contribution in [3.8, 4) is 0 Å². The molecule has 0 aromatic heterocycles. The third kappa shape index (κ3) is 23.2. The molecule has 0 aliphatic rings. The lowest BCUT2D eigenvalue weighted by atomic mass is 10.5. The standard InChI is InChI=1S/C3H4O4.C3H8O2/c4-2(5)1-3(6)7;1-3(5)2-4/h1H2,(H,4,5)(H,6,7);3-5H,2H2,1H3. The molecule has 6 nitrogen and oxygen atoms in total. The minimum atomic E-state index is -1.31. The molecule has 0 aliphatic heterocycles. The lowest BCUT2D eigenvalue weighted by molar-refractivity contribution is -0.147. The van der Waals surface area contributed by atoms with E-state index in [-0.39, 0.29) is 6.61 Å². The summed E-state index contributed by atoms with van der Waals surface area (Å²) in [5.74, 6) is -2.62. The highest BCUT2D eigenvalue weighted by Crippen LogP contribution is 1.74. The summed E-state index contributed by atoms with van der Waals surface area (Å²) in [5.41, 5.74) is 0. The monoisotopic (exact) mass is 180 g/mol. The van der Waals surface area contributed by atoms with E-state index in [0.717, 1.165) is 0 Å². The number of hydrogen-bond donors (Lipinski definition) is 4. The number of carboxylic acid groups (broad SMARTS) is 2. The van der Waals surface area contributed by atoms with E-state index in [1.165, 1.54) is 6.92 Å². The van der Waals surface area contributed by atoms with E-state index < -0.39 is 24.5 Å². The second-order valence-electron chi connectivity index (χ2n) is 2.00. The van der Waals surface area contributed by atoms with E-state index >= 15 is 0 Å². The summed E-state index contributed by atoms with van der Waals surface area (Å²) in [6, 6.07) is 0. The minimum Gasteiger partial charge on any atom is -0.481 e. The Hall–Kier alpha value is -1.14. The molecule has 0 rings (SSSR count). The van der Waals surface area contributed by atoms with Crippen LogP contribution in [-0.4, -0.2) is 45.1 Å². The largest absolute Gasteiger partial charge is 0.481 e. The molecule has 0 radical (unpaired) electrons. The predicted octanol–water partition coefficient (Wildman–Crippen LogP) is -1.09. The first-order chi connectivity index (χ1) is 5.40. The molecule has 1 unspecified atom stereocenters. The minimum absolute atomic E-state index is 0.139. The zero-order chi connectivity index (χ0) is 10.1. The van der Waals surface area contributed by atoms with Gasteiger partial charge >= 0.3 is 11.9 Å². The molecule has 0 saturated carbocycles. The fraction of sp³-hybridized carbons (Fsp3) is 0.667. The van der Waals surface area contributed by atoms with Crippen molar-refractivity contribution < 1.29 is 30.0 Å². The second kappa shape index (κ2) is 7.96. The molecule has 0 aliphatic carbocycles. The van der Waals surface area contributed by atoms with Gasteiger partial charge in [0.2, 0.25) is 0 Å². The first kappa shape index (κ1) is 13.4. The molecule has 4 N–H and O–H groups in total. The number of aliphatic hydroxyl groups excluding tert-OH is 2. The van der Waals surface area contributed by atoms with Gasteiger partial charge in [-0.15, -0.1) is 0 Å². The van der Waals surface area contributed by atoms with Gasteiger partial charge in [-0.25, -0.2) is 0 Å². The molecule has 0 heterocycles. The van der Waals surface area contributed by atoms with E-state index in [1.54, 1.807) is 0 Å². The van der Waals surface area contributed by atoms with Gasteiger partial charge in [0, 0.05) is 0 Å². The van der Waals surface area contributed by atoms with Crippen LogP contribution in [0.2, 0.25) is 0 Å². The van der Waals surface area contributed by atoms with Crippen molar-refractivity contribution >= 4 is 11.9 Å². The van der Waals surface area contributed by atoms with Crippen molar-refractivity contribution in [2.75, 3.05) is 6.61 Å². The number of aliphatic carboxylic acids is 2. The zero-order valence-electron chi connectivity index (χ0n) is 6.60. The Morgan fingerprint density at radius 1 is 1.25 bits per heavy atom. The van der Waals surface area contributed by atoms with Gasteiger partial charge in [0.05, 0.1) is 12.7 Å². The van der Waals surface area contributed by atoms with Gasteiger partial charge in [-0.2, -0.15) is 0 Å². The van der Waals surface area contributed by atoms with Gasteiger partial charge < -0.3 is 20.4 Å². The van der Waals surface area contributed by atoms with E-state index in [2.05, 4.69) is 0 Å². The number of aliphatic hydroxyl groups is 2. The molecule has 0 saturated heterocycles. The van der Waals surface area contributed by atoms with E-state index in [4.69, 9.17) is 20.4 Å². The maximum Gasteiger partial charge on any atom is 0.314 e. The van der Waals surface area contributed by atoms with Crippen molar-refractivity contribution in [2.24, 2.45) is 0 Å². The Kier molecular flexibility index (Phi) is 8.92. The summed E-state index contributed by atoms with van der Waals surface area (Å²) in [7, 11) is 0. The quantitative estimate of drug-likeness (QED) is 0.410. The predicted molar refractivity (Wildman–Crippen MR) is 38.7 cm³/mol. The average molecular weight is 180 g/mol. The number of hydrogen-bond acceptors (Lipinski definition) is 4. The fourth-order valence-corrected chi connectivity index (χ4v) is 0.129. The molecule has 0 fully saturated rings. The van der Waals surface area contributed by atoms with Gasteiger partial charge in [0.15, 0.2) is 0 Å². The molecule has 0 amide bonds. The van der Waals surface area contributed by atoms with Crippen LogP contribution in [0.4, 0.5) is 0 Å². The van der Waals surface area contributed by atoms with Crippen LogP contribution in [0.15, 0.2) is 0 Å². The van der Waals surface area contributed by atoms with Gasteiger partial charge in [-0.3, -0.25) is 9.59 Å². The van der Waals surface area contributed by atoms with Gasteiger partial charge in [0.25, 0.3) is 0 Å². The molecular weight excluding hydrogens is 168 g/mol. The summed E-state index contributed by atoms with van der Waals surface area (Å²) < 4.78 is 0. The van der Waals surface area contributed by atoms with Gasteiger partial charge in [0.1, 0.15) is 6.42 Å². The van der Waals surface area contributed by atoms with Crippen LogP contribution in [0.3, 0.4) is 0 Å². The second-order valence-corrected chi connectivity index (χ2v) is 2.00. The summed E-state index contributed by atoms with van der Waals surface area (Å²) in [5, 5.41) is 31.4. The van der Waals surface area contributed by atoms with Crippen molar-refractivity contribution in [3.05, 3.63) is 0 Å². The average Bonchev–Trinajstić information content (AvgIpc) is 1.85. The Labute approximate surface area is 69.1 Å². The fourth-order valence-electron chi connectivity index (χ4n) is 0.129. The number of carbonyl (C=O) groups is 2. The highest BCUT2D eigenvalue weighted by molar-refractivity contribution is 5.88. The highest BCUT2D eigenvalue weighted by atomic mass is 16.4. The molecule has 0 bridgehead atoms. The Balaban J connectivity index is 0. The molecule has 12 heavy (non-hydrogen) atoms. The third-order valence-corrected chi connectivity index (χ3v) is 0.567. The van der Waals surface area contributed by atoms with Crippen LogP contribution in [-0.2, 0) is 9.59 Å². The van der Waals surface area contributed by atoms with Crippen LogP contribution in [0.5, 0.6) is 0 Å². The van der Waals surface area contributed by atoms with Crippen molar-refractivity contribution in [2.45, 2.75) is 19.4 Å². The Bertz CT molecular complexity index is 129. The first-order valence-corrected chi connectivity index (χ1v) is 3.12. The van der Waals surface area contributed by atoms with Crippen molar-refractivity contribution in [3.63, 3.8) is 0 Å². The van der Waals surface area contributed by atoms with Gasteiger partial charge in [-0.05, 0) is 6.92 Å². The SMILES string of the molecule is CC(O)CO.O=C(O)CC(=O)O. The van der Waals surface area contributed by atoms with E-state index in [1.807, 2.05) is 0 Å². The number of carboxylic acids is 2. The van der Waals surface area contributed by atoms with Gasteiger partial charge in [-0.1, -0.05) is 0 Å². The van der Waals surface area contributed by atoms with Crippen LogP contribution in [0.1, 0.15) is 13.3 Å². The molecule has 0 spiro atoms. The molecule has 6 heteroatoms. The van der Waals surface area contributed by atoms with Crippen molar-refractivity contribution in [1.82, 2.24) is 0 Å². The van der Waals surface area contributed by atoms with E-state index in [0.29, 0.717) is 0 Å². The van der Waals surface area contributed by atoms with Crippen LogP contribution in [0, 0.1) is 0 Å². The lowest BCUT2D eigenvalue weighted by Crippen LogP contribution is -2.03. The summed E-state index contributed by atoms with van der Waals surface area (Å²) in [4.78, 5) is 18.9. The Morgan fingerprint density at radius 2 is 1.50 bits per heavy atom. The number of rotatable bonds is 3. The van der Waals surface area contributed by atoms with E-state index in [9.17, 15) is 9.59 Å². The summed E-state index contributed by atoms with van der Waals surface area (Å²) in [6.07, 6.45) is -1.37. The summed E-state index contributed by atoms with van der Waals surface area (Å²) >= 11 is 0. The Morgan fingerprint density at radius 3 is 1.50 bits per heavy atom.